The predicted octanol–water partition coefficient (Wildman–Crippen LogP) is 4.52. The van der Waals surface area contributed by atoms with Gasteiger partial charge in [-0.1, -0.05) is 23.2 Å². The Hall–Kier alpha value is -1.65. The van der Waals surface area contributed by atoms with E-state index in [0.717, 1.165) is 5.56 Å². The molecule has 0 atom stereocenters. The van der Waals surface area contributed by atoms with Gasteiger partial charge in [-0.15, -0.1) is 0 Å². The summed E-state index contributed by atoms with van der Waals surface area (Å²) in [5.74, 6) is 0.841. The maximum atomic E-state index is 13.2. The molecule has 2 aromatic carbocycles. The third-order valence-corrected chi connectivity index (χ3v) is 3.68. The van der Waals surface area contributed by atoms with E-state index in [-0.39, 0.29) is 5.82 Å². The number of hydrogen-bond donors (Lipinski definition) is 1. The number of anilines is 1. The lowest BCUT2D eigenvalue weighted by Crippen LogP contribution is -2.16. The average molecular weight is 328 g/mol. The Morgan fingerprint density at radius 1 is 1.05 bits per heavy atom. The van der Waals surface area contributed by atoms with Crippen LogP contribution >= 0.6 is 23.2 Å². The first-order valence-electron chi connectivity index (χ1n) is 6.40. The quantitative estimate of drug-likeness (QED) is 0.899. The SMILES string of the molecule is Fc1ccc(Cl)c(NCc2cc(Cl)c3c(c2)OCCO3)c1. The van der Waals surface area contributed by atoms with Gasteiger partial charge in [-0.3, -0.25) is 0 Å². The molecule has 2 aromatic rings. The van der Waals surface area contributed by atoms with Crippen LogP contribution in [0.4, 0.5) is 10.1 Å². The number of hydrogen-bond acceptors (Lipinski definition) is 3. The van der Waals surface area contributed by atoms with Gasteiger partial charge in [0.2, 0.25) is 0 Å². The number of nitrogens with one attached hydrogen (secondary N) is 1. The van der Waals surface area contributed by atoms with Gasteiger partial charge in [0.1, 0.15) is 19.0 Å². The fraction of sp³-hybridized carbons (Fsp3) is 0.200. The van der Waals surface area contributed by atoms with Gasteiger partial charge in [0.15, 0.2) is 11.5 Å². The van der Waals surface area contributed by atoms with Crippen LogP contribution in [0, 0.1) is 5.82 Å². The van der Waals surface area contributed by atoms with Crippen molar-refractivity contribution in [1.29, 1.82) is 0 Å². The summed E-state index contributed by atoms with van der Waals surface area (Å²) in [7, 11) is 0. The van der Waals surface area contributed by atoms with Crippen molar-refractivity contribution in [1.82, 2.24) is 0 Å². The molecule has 0 aromatic heterocycles. The molecule has 0 amide bonds. The van der Waals surface area contributed by atoms with Gasteiger partial charge in [-0.05, 0) is 35.9 Å². The minimum absolute atomic E-state index is 0.345. The molecule has 6 heteroatoms. The van der Waals surface area contributed by atoms with Gasteiger partial charge in [-0.2, -0.15) is 0 Å². The smallest absolute Gasteiger partial charge is 0.179 e. The van der Waals surface area contributed by atoms with Crippen LogP contribution in [-0.4, -0.2) is 13.2 Å². The standard InChI is InChI=1S/C15H12Cl2FNO2/c16-11-2-1-10(18)7-13(11)19-8-9-5-12(17)15-14(6-9)20-3-4-21-15/h1-2,5-7,19H,3-4,8H2. The highest BCUT2D eigenvalue weighted by Gasteiger charge is 2.16. The lowest BCUT2D eigenvalue weighted by Gasteiger charge is -2.20. The monoisotopic (exact) mass is 327 g/mol. The zero-order chi connectivity index (χ0) is 14.8. The molecular weight excluding hydrogens is 316 g/mol. The van der Waals surface area contributed by atoms with Gasteiger partial charge in [0, 0.05) is 6.54 Å². The number of benzene rings is 2. The fourth-order valence-electron chi connectivity index (χ4n) is 2.10. The van der Waals surface area contributed by atoms with Crippen LogP contribution in [-0.2, 0) is 6.54 Å². The molecule has 0 fully saturated rings. The maximum Gasteiger partial charge on any atom is 0.179 e. The van der Waals surface area contributed by atoms with Gasteiger partial charge in [-0.25, -0.2) is 4.39 Å². The van der Waals surface area contributed by atoms with Gasteiger partial charge >= 0.3 is 0 Å². The highest BCUT2D eigenvalue weighted by molar-refractivity contribution is 6.33. The average Bonchev–Trinajstić information content (AvgIpc) is 2.48. The normalized spacial score (nSPS) is 13.1. The molecule has 0 aliphatic carbocycles. The van der Waals surface area contributed by atoms with Crippen molar-refractivity contribution in [2.45, 2.75) is 6.54 Å². The second-order valence-corrected chi connectivity index (χ2v) is 5.39. The molecule has 110 valence electrons. The van der Waals surface area contributed by atoms with Crippen LogP contribution < -0.4 is 14.8 Å². The lowest BCUT2D eigenvalue weighted by molar-refractivity contribution is 0.171. The summed E-state index contributed by atoms with van der Waals surface area (Å²) in [6.07, 6.45) is 0. The molecule has 3 nitrogen and oxygen atoms in total. The zero-order valence-corrected chi connectivity index (χ0v) is 12.5. The Balaban J connectivity index is 1.79. The summed E-state index contributed by atoms with van der Waals surface area (Å²) in [6, 6.07) is 7.81. The Bertz CT molecular complexity index is 679. The fourth-order valence-corrected chi connectivity index (χ4v) is 2.57. The van der Waals surface area contributed by atoms with Crippen LogP contribution in [0.25, 0.3) is 0 Å². The van der Waals surface area contributed by atoms with Crippen molar-refractivity contribution in [2.24, 2.45) is 0 Å². The molecule has 1 heterocycles. The van der Waals surface area contributed by atoms with Crippen molar-refractivity contribution in [3.05, 3.63) is 51.8 Å². The van der Waals surface area contributed by atoms with E-state index in [1.807, 2.05) is 6.07 Å². The molecule has 3 rings (SSSR count). The molecule has 0 spiro atoms. The zero-order valence-electron chi connectivity index (χ0n) is 11.0. The van der Waals surface area contributed by atoms with E-state index in [4.69, 9.17) is 32.7 Å². The Kier molecular flexibility index (Phi) is 4.08. The van der Waals surface area contributed by atoms with Crippen LogP contribution in [0.3, 0.4) is 0 Å². The maximum absolute atomic E-state index is 13.2. The van der Waals surface area contributed by atoms with E-state index in [1.54, 1.807) is 6.07 Å². The number of halogens is 3. The molecule has 0 unspecified atom stereocenters. The second kappa shape index (κ2) is 6.00. The van der Waals surface area contributed by atoms with Crippen molar-refractivity contribution in [3.63, 3.8) is 0 Å². The molecule has 0 saturated carbocycles. The Morgan fingerprint density at radius 2 is 1.86 bits per heavy atom. The minimum Gasteiger partial charge on any atom is -0.486 e. The molecule has 0 saturated heterocycles. The van der Waals surface area contributed by atoms with E-state index in [1.165, 1.54) is 18.2 Å². The minimum atomic E-state index is -0.345. The van der Waals surface area contributed by atoms with Gasteiger partial charge in [0.05, 0.1) is 15.7 Å². The van der Waals surface area contributed by atoms with Crippen molar-refractivity contribution < 1.29 is 13.9 Å². The summed E-state index contributed by atoms with van der Waals surface area (Å²) in [6.45, 7) is 1.43. The summed E-state index contributed by atoms with van der Waals surface area (Å²) >= 11 is 12.2. The molecule has 1 aliphatic rings. The van der Waals surface area contributed by atoms with Crippen molar-refractivity contribution >= 4 is 28.9 Å². The van der Waals surface area contributed by atoms with Crippen LogP contribution in [0.2, 0.25) is 10.0 Å². The summed E-state index contributed by atoms with van der Waals surface area (Å²) in [5.41, 5.74) is 1.42. The van der Waals surface area contributed by atoms with Crippen LogP contribution in [0.5, 0.6) is 11.5 Å². The highest BCUT2D eigenvalue weighted by atomic mass is 35.5. The lowest BCUT2D eigenvalue weighted by atomic mass is 10.2. The topological polar surface area (TPSA) is 30.5 Å². The Morgan fingerprint density at radius 3 is 2.71 bits per heavy atom. The third kappa shape index (κ3) is 3.17. The summed E-state index contributed by atoms with van der Waals surface area (Å²) < 4.78 is 24.2. The van der Waals surface area contributed by atoms with Gasteiger partial charge in [0.25, 0.3) is 0 Å². The first-order chi connectivity index (χ1) is 10.1. The first kappa shape index (κ1) is 14.3. The van der Waals surface area contributed by atoms with Crippen LogP contribution in [0.1, 0.15) is 5.56 Å². The number of ether oxygens (including phenoxy) is 2. The van der Waals surface area contributed by atoms with E-state index in [2.05, 4.69) is 5.32 Å². The molecule has 1 N–H and O–H groups in total. The summed E-state index contributed by atoms with van der Waals surface area (Å²) in [4.78, 5) is 0. The second-order valence-electron chi connectivity index (χ2n) is 4.58. The third-order valence-electron chi connectivity index (χ3n) is 3.07. The van der Waals surface area contributed by atoms with Crippen molar-refractivity contribution in [3.8, 4) is 11.5 Å². The molecule has 0 bridgehead atoms. The van der Waals surface area contributed by atoms with E-state index < -0.39 is 0 Å². The highest BCUT2D eigenvalue weighted by Crippen LogP contribution is 2.38. The largest absolute Gasteiger partial charge is 0.486 e. The van der Waals surface area contributed by atoms with E-state index >= 15 is 0 Å². The molecule has 21 heavy (non-hydrogen) atoms. The Labute approximate surface area is 131 Å². The summed E-state index contributed by atoms with van der Waals surface area (Å²) in [5, 5.41) is 4.03. The first-order valence-corrected chi connectivity index (χ1v) is 7.16. The molecule has 1 aliphatic heterocycles. The number of fused-ring (bicyclic) bond motifs is 1. The predicted molar refractivity (Wildman–Crippen MR) is 81.2 cm³/mol. The molecular formula is C15H12Cl2FNO2. The van der Waals surface area contributed by atoms with Crippen molar-refractivity contribution in [2.75, 3.05) is 18.5 Å². The van der Waals surface area contributed by atoms with E-state index in [9.17, 15) is 4.39 Å². The van der Waals surface area contributed by atoms with E-state index in [0.29, 0.717) is 47.0 Å². The van der Waals surface area contributed by atoms with Crippen LogP contribution in [0.15, 0.2) is 30.3 Å². The van der Waals surface area contributed by atoms with Gasteiger partial charge < -0.3 is 14.8 Å². The molecule has 0 radical (unpaired) electrons. The number of rotatable bonds is 3.